The number of benzene rings is 1. The fourth-order valence-corrected chi connectivity index (χ4v) is 1.83. The van der Waals surface area contributed by atoms with Gasteiger partial charge < -0.3 is 14.4 Å². The molecule has 0 unspecified atom stereocenters. The van der Waals surface area contributed by atoms with Crippen molar-refractivity contribution in [3.8, 4) is 5.75 Å². The highest BCUT2D eigenvalue weighted by molar-refractivity contribution is 5.94. The number of hydrogen-bond acceptors (Lipinski definition) is 3. The van der Waals surface area contributed by atoms with Gasteiger partial charge in [-0.15, -0.1) is 0 Å². The number of amides is 1. The summed E-state index contributed by atoms with van der Waals surface area (Å²) in [4.78, 5) is 13.2. The maximum Gasteiger partial charge on any atom is 0.251 e. The minimum Gasteiger partial charge on any atom is -0.497 e. The number of carbonyl (C=O) groups excluding carboxylic acids is 1. The fourth-order valence-electron chi connectivity index (χ4n) is 1.83. The third-order valence-corrected chi connectivity index (χ3v) is 2.96. The van der Waals surface area contributed by atoms with E-state index in [1.807, 2.05) is 24.3 Å². The van der Waals surface area contributed by atoms with Gasteiger partial charge in [-0.2, -0.15) is 0 Å². The lowest BCUT2D eigenvalue weighted by molar-refractivity contribution is -0.124. The normalized spacial score (nSPS) is 21.3. The molecule has 0 bridgehead atoms. The summed E-state index contributed by atoms with van der Waals surface area (Å²) in [6, 6.07) is 7.64. The van der Waals surface area contributed by atoms with Crippen LogP contribution < -0.4 is 4.74 Å². The lowest BCUT2D eigenvalue weighted by atomic mass is 10.0. The Kier molecular flexibility index (Phi) is 3.39. The van der Waals surface area contributed by atoms with Crippen molar-refractivity contribution in [1.29, 1.82) is 0 Å². The Labute approximate surface area is 107 Å². The molecule has 1 amide bonds. The van der Waals surface area contributed by atoms with E-state index in [9.17, 15) is 4.79 Å². The lowest BCUT2D eigenvalue weighted by Crippen LogP contribution is -2.25. The summed E-state index contributed by atoms with van der Waals surface area (Å²) in [6.45, 7) is 3.81. The number of methoxy groups -OCH3 is 1. The molecule has 18 heavy (non-hydrogen) atoms. The van der Waals surface area contributed by atoms with Crippen molar-refractivity contribution in [2.24, 2.45) is 0 Å². The van der Waals surface area contributed by atoms with Crippen LogP contribution >= 0.6 is 0 Å². The number of ether oxygens (including phenoxy) is 2. The van der Waals surface area contributed by atoms with Crippen molar-refractivity contribution in [1.82, 2.24) is 4.90 Å². The summed E-state index contributed by atoms with van der Waals surface area (Å²) in [5.74, 6) is 0.718. The predicted molar refractivity (Wildman–Crippen MR) is 68.4 cm³/mol. The Bertz CT molecular complexity index is 464. The van der Waals surface area contributed by atoms with Crippen molar-refractivity contribution in [3.05, 3.63) is 42.0 Å². The van der Waals surface area contributed by atoms with Gasteiger partial charge in [0.05, 0.1) is 7.11 Å². The molecule has 1 fully saturated rings. The van der Waals surface area contributed by atoms with E-state index in [2.05, 4.69) is 6.58 Å². The van der Waals surface area contributed by atoms with E-state index in [0.29, 0.717) is 5.57 Å². The second-order valence-corrected chi connectivity index (χ2v) is 4.48. The van der Waals surface area contributed by atoms with Crippen molar-refractivity contribution in [2.45, 2.75) is 12.2 Å². The van der Waals surface area contributed by atoms with Crippen LogP contribution in [-0.2, 0) is 9.53 Å². The summed E-state index contributed by atoms with van der Waals surface area (Å²) in [5.41, 5.74) is 1.54. The van der Waals surface area contributed by atoms with Crippen LogP contribution in [0.5, 0.6) is 5.75 Å². The molecule has 0 spiro atoms. The Balaban J connectivity index is 2.02. The molecule has 0 aliphatic carbocycles. The van der Waals surface area contributed by atoms with Gasteiger partial charge in [-0.1, -0.05) is 18.7 Å². The van der Waals surface area contributed by atoms with Gasteiger partial charge in [0.2, 0.25) is 0 Å². The van der Waals surface area contributed by atoms with E-state index in [-0.39, 0.29) is 18.1 Å². The molecule has 0 N–H and O–H groups in total. The first-order valence-electron chi connectivity index (χ1n) is 5.74. The predicted octanol–water partition coefficient (Wildman–Crippen LogP) is 1.78. The molecule has 1 aromatic rings. The van der Waals surface area contributed by atoms with E-state index >= 15 is 0 Å². The molecule has 0 saturated carbocycles. The van der Waals surface area contributed by atoms with Crippen LogP contribution in [0.15, 0.2) is 36.4 Å². The summed E-state index contributed by atoms with van der Waals surface area (Å²) in [6.07, 6.45) is -0.263. The molecule has 2 rings (SSSR count). The van der Waals surface area contributed by atoms with Crippen LogP contribution in [0.25, 0.3) is 0 Å². The largest absolute Gasteiger partial charge is 0.497 e. The summed E-state index contributed by atoms with van der Waals surface area (Å²) < 4.78 is 10.6. The van der Waals surface area contributed by atoms with E-state index in [4.69, 9.17) is 9.47 Å². The third-order valence-electron chi connectivity index (χ3n) is 2.96. The zero-order valence-corrected chi connectivity index (χ0v) is 10.8. The average molecular weight is 247 g/mol. The molecular formula is C14H17NO3. The summed E-state index contributed by atoms with van der Waals surface area (Å²) >= 11 is 0. The van der Waals surface area contributed by atoms with E-state index in [1.54, 1.807) is 21.2 Å². The Hall–Kier alpha value is -1.81. The number of rotatable bonds is 4. The molecule has 1 saturated heterocycles. The van der Waals surface area contributed by atoms with E-state index < -0.39 is 0 Å². The second kappa shape index (κ2) is 4.82. The number of hydrogen-bond donors (Lipinski definition) is 0. The highest BCUT2D eigenvalue weighted by Gasteiger charge is 2.44. The first-order valence-corrected chi connectivity index (χ1v) is 5.74. The molecule has 1 aliphatic rings. The Morgan fingerprint density at radius 2 is 1.94 bits per heavy atom. The minimum atomic E-state index is -0.201. The van der Waals surface area contributed by atoms with Gasteiger partial charge >= 0.3 is 0 Å². The highest BCUT2D eigenvalue weighted by Crippen LogP contribution is 2.43. The quantitative estimate of drug-likeness (QED) is 0.601. The maximum absolute atomic E-state index is 11.7. The van der Waals surface area contributed by atoms with E-state index in [1.165, 1.54) is 4.90 Å². The Morgan fingerprint density at radius 3 is 2.44 bits per heavy atom. The van der Waals surface area contributed by atoms with Gasteiger partial charge in [-0.25, -0.2) is 0 Å². The Morgan fingerprint density at radius 1 is 1.33 bits per heavy atom. The zero-order valence-electron chi connectivity index (χ0n) is 10.8. The van der Waals surface area contributed by atoms with Gasteiger partial charge in [0.1, 0.15) is 18.0 Å². The smallest absolute Gasteiger partial charge is 0.251 e. The molecule has 0 aromatic heterocycles. The lowest BCUT2D eigenvalue weighted by Gasteiger charge is -2.10. The maximum atomic E-state index is 11.7. The molecule has 4 nitrogen and oxygen atoms in total. The molecule has 4 heteroatoms. The molecular weight excluding hydrogens is 230 g/mol. The zero-order chi connectivity index (χ0) is 13.3. The van der Waals surface area contributed by atoms with Crippen LogP contribution in [0.1, 0.15) is 11.7 Å². The highest BCUT2D eigenvalue weighted by atomic mass is 16.6. The molecule has 1 heterocycles. The van der Waals surface area contributed by atoms with Crippen molar-refractivity contribution in [2.75, 3.05) is 21.2 Å². The number of epoxide rings is 1. The molecule has 1 aromatic carbocycles. The van der Waals surface area contributed by atoms with Crippen LogP contribution in [-0.4, -0.2) is 38.1 Å². The number of likely N-dealkylation sites (N-methyl/N-ethyl adjacent to an activating group) is 1. The van der Waals surface area contributed by atoms with Gasteiger partial charge in [0.15, 0.2) is 0 Å². The number of carbonyl (C=O) groups is 1. The average Bonchev–Trinajstić information content (AvgIpc) is 3.17. The molecule has 96 valence electrons. The van der Waals surface area contributed by atoms with Crippen LogP contribution in [0.3, 0.4) is 0 Å². The topological polar surface area (TPSA) is 42.1 Å². The van der Waals surface area contributed by atoms with E-state index in [0.717, 1.165) is 11.3 Å². The standard InChI is InChI=1S/C14H17NO3/c1-9(14(16)15(2)3)12-13(18-12)10-5-7-11(17-4)8-6-10/h5-8,12-13H,1H2,2-4H3/t12-,13-/m1/s1. The van der Waals surface area contributed by atoms with Gasteiger partial charge in [0, 0.05) is 19.7 Å². The molecule has 0 radical (unpaired) electrons. The van der Waals surface area contributed by atoms with Crippen molar-refractivity contribution in [3.63, 3.8) is 0 Å². The first-order chi connectivity index (χ1) is 8.54. The summed E-state index contributed by atoms with van der Waals surface area (Å²) in [7, 11) is 5.04. The minimum absolute atomic E-state index is 0.0627. The van der Waals surface area contributed by atoms with Crippen molar-refractivity contribution < 1.29 is 14.3 Å². The SMILES string of the molecule is C=C(C(=O)N(C)C)[C@H]1O[C@@H]1c1ccc(OC)cc1. The monoisotopic (exact) mass is 247 g/mol. The summed E-state index contributed by atoms with van der Waals surface area (Å²) in [5, 5.41) is 0. The molecule has 1 aliphatic heterocycles. The van der Waals surface area contributed by atoms with Gasteiger partial charge in [-0.3, -0.25) is 4.79 Å². The van der Waals surface area contributed by atoms with Crippen molar-refractivity contribution >= 4 is 5.91 Å². The molecule has 2 atom stereocenters. The van der Waals surface area contributed by atoms with Crippen LogP contribution in [0.2, 0.25) is 0 Å². The van der Waals surface area contributed by atoms with Gasteiger partial charge in [-0.05, 0) is 17.7 Å². The van der Waals surface area contributed by atoms with Crippen LogP contribution in [0, 0.1) is 0 Å². The fraction of sp³-hybridized carbons (Fsp3) is 0.357. The number of nitrogens with zero attached hydrogens (tertiary/aromatic N) is 1. The second-order valence-electron chi connectivity index (χ2n) is 4.48. The third kappa shape index (κ3) is 2.38. The van der Waals surface area contributed by atoms with Gasteiger partial charge in [0.25, 0.3) is 5.91 Å². The first kappa shape index (κ1) is 12.6. The van der Waals surface area contributed by atoms with Crippen LogP contribution in [0.4, 0.5) is 0 Å².